The van der Waals surface area contributed by atoms with Gasteiger partial charge >= 0.3 is 0 Å². The molecule has 0 radical (unpaired) electrons. The number of methoxy groups -OCH3 is 1. The van der Waals surface area contributed by atoms with Crippen LogP contribution in [0.5, 0.6) is 5.75 Å². The van der Waals surface area contributed by atoms with E-state index < -0.39 is 5.41 Å². The number of aromatic nitrogens is 1. The van der Waals surface area contributed by atoms with Crippen molar-refractivity contribution in [1.82, 2.24) is 4.98 Å². The lowest BCUT2D eigenvalue weighted by atomic mass is 9.73. The van der Waals surface area contributed by atoms with Gasteiger partial charge in [0.25, 0.3) is 0 Å². The number of amides is 1. The Bertz CT molecular complexity index is 1240. The summed E-state index contributed by atoms with van der Waals surface area (Å²) in [6, 6.07) is 21.0. The number of nitrogens with one attached hydrogen (secondary N) is 1. The summed E-state index contributed by atoms with van der Waals surface area (Å²) in [5, 5.41) is 7.91. The molecule has 1 amide bonds. The molecular weight excluding hydrogens is 392 g/mol. The van der Waals surface area contributed by atoms with Gasteiger partial charge in [-0.3, -0.25) is 4.79 Å². The second-order valence-electron chi connectivity index (χ2n) is 7.99. The molecule has 0 bridgehead atoms. The number of ether oxygens (including phenoxy) is 1. The predicted molar refractivity (Wildman–Crippen MR) is 121 cm³/mol. The van der Waals surface area contributed by atoms with Gasteiger partial charge < -0.3 is 10.1 Å². The number of fused-ring (bicyclic) bond motifs is 2. The number of rotatable bonds is 4. The molecule has 1 aliphatic rings. The van der Waals surface area contributed by atoms with E-state index in [-0.39, 0.29) is 11.8 Å². The first-order valence-electron chi connectivity index (χ1n) is 9.95. The van der Waals surface area contributed by atoms with Crippen LogP contribution in [-0.4, -0.2) is 18.0 Å². The average Bonchev–Trinajstić information content (AvgIpc) is 3.38. The van der Waals surface area contributed by atoms with Crippen LogP contribution >= 0.6 is 11.3 Å². The highest BCUT2D eigenvalue weighted by Crippen LogP contribution is 2.52. The topological polar surface area (TPSA) is 51.2 Å². The lowest BCUT2D eigenvalue weighted by molar-refractivity contribution is -0.125. The minimum Gasteiger partial charge on any atom is -0.497 e. The van der Waals surface area contributed by atoms with Gasteiger partial charge in [0, 0.05) is 17.5 Å². The molecule has 150 valence electrons. The van der Waals surface area contributed by atoms with E-state index in [4.69, 9.17) is 4.74 Å². The Balaban J connectivity index is 1.64. The molecule has 5 heteroatoms. The molecule has 0 unspecified atom stereocenters. The molecule has 0 aliphatic heterocycles. The Morgan fingerprint density at radius 3 is 2.73 bits per heavy atom. The number of hydrogen-bond acceptors (Lipinski definition) is 4. The molecule has 30 heavy (non-hydrogen) atoms. The Morgan fingerprint density at radius 1 is 1.13 bits per heavy atom. The van der Waals surface area contributed by atoms with Gasteiger partial charge in [0.05, 0.1) is 12.5 Å². The Morgan fingerprint density at radius 2 is 1.97 bits per heavy atom. The monoisotopic (exact) mass is 414 g/mol. The quantitative estimate of drug-likeness (QED) is 0.470. The van der Waals surface area contributed by atoms with Crippen molar-refractivity contribution >= 4 is 33.1 Å². The van der Waals surface area contributed by atoms with Crippen LogP contribution in [0, 0.1) is 5.41 Å². The summed E-state index contributed by atoms with van der Waals surface area (Å²) in [4.78, 5) is 17.8. The molecule has 4 aromatic rings. The average molecular weight is 415 g/mol. The molecule has 3 aromatic carbocycles. The van der Waals surface area contributed by atoms with Crippen LogP contribution in [0.2, 0.25) is 0 Å². The smallest absolute Gasteiger partial charge is 0.233 e. The van der Waals surface area contributed by atoms with Gasteiger partial charge in [0.1, 0.15) is 5.75 Å². The van der Waals surface area contributed by atoms with E-state index in [1.165, 1.54) is 27.7 Å². The van der Waals surface area contributed by atoms with Gasteiger partial charge in [-0.05, 0) is 52.9 Å². The van der Waals surface area contributed by atoms with Gasteiger partial charge in [-0.1, -0.05) is 48.5 Å². The van der Waals surface area contributed by atoms with Crippen LogP contribution in [0.3, 0.4) is 0 Å². The van der Waals surface area contributed by atoms with Crippen LogP contribution in [0.15, 0.2) is 72.2 Å². The van der Waals surface area contributed by atoms with Crippen LogP contribution in [-0.2, 0) is 11.2 Å². The minimum atomic E-state index is -0.636. The molecule has 0 saturated heterocycles. The standard InChI is InChI=1S/C25H22N2O2S/c1-25(23(28)27-24-26-11-12-30-24)15-19-9-10-20(29-2)14-21(19)22(25)18-8-7-16-5-3-4-6-17(16)13-18/h3-14,22H,15H2,1-2H3,(H,26,27,28)/t22-,25+/m1/s1. The van der Waals surface area contributed by atoms with Crippen LogP contribution in [0.4, 0.5) is 5.13 Å². The highest BCUT2D eigenvalue weighted by molar-refractivity contribution is 7.13. The SMILES string of the molecule is COc1ccc2c(c1)[C@@H](c1ccc3ccccc3c1)[C@@](C)(C(=O)Nc1nccs1)C2. The summed E-state index contributed by atoms with van der Waals surface area (Å²) in [6.45, 7) is 2.06. The van der Waals surface area contributed by atoms with E-state index in [9.17, 15) is 4.79 Å². The summed E-state index contributed by atoms with van der Waals surface area (Å²) in [7, 11) is 1.68. The van der Waals surface area contributed by atoms with Crippen molar-refractivity contribution in [3.8, 4) is 5.75 Å². The first kappa shape index (κ1) is 18.8. The molecule has 4 nitrogen and oxygen atoms in total. The zero-order valence-corrected chi connectivity index (χ0v) is 17.7. The fourth-order valence-corrected chi connectivity index (χ4v) is 5.17. The van der Waals surface area contributed by atoms with Gasteiger partial charge in [-0.2, -0.15) is 0 Å². The van der Waals surface area contributed by atoms with Crippen molar-refractivity contribution in [2.24, 2.45) is 5.41 Å². The molecule has 0 saturated carbocycles. The maximum atomic E-state index is 13.5. The summed E-state index contributed by atoms with van der Waals surface area (Å²) >= 11 is 1.43. The van der Waals surface area contributed by atoms with Gasteiger partial charge in [0.15, 0.2) is 5.13 Å². The maximum absolute atomic E-state index is 13.5. The van der Waals surface area contributed by atoms with E-state index in [1.807, 2.05) is 23.6 Å². The Hall–Kier alpha value is -3.18. The molecule has 0 fully saturated rings. The third-order valence-corrected chi connectivity index (χ3v) is 6.83. The maximum Gasteiger partial charge on any atom is 0.233 e. The summed E-state index contributed by atoms with van der Waals surface area (Å²) in [6.07, 6.45) is 2.37. The second kappa shape index (κ2) is 7.26. The summed E-state index contributed by atoms with van der Waals surface area (Å²) in [5.74, 6) is 0.724. The van der Waals surface area contributed by atoms with Gasteiger partial charge in [-0.15, -0.1) is 11.3 Å². The minimum absolute atomic E-state index is 0.00854. The van der Waals surface area contributed by atoms with E-state index in [0.717, 1.165) is 16.9 Å². The number of benzene rings is 3. The molecule has 5 rings (SSSR count). The lowest BCUT2D eigenvalue weighted by Crippen LogP contribution is -2.37. The van der Waals surface area contributed by atoms with E-state index in [1.54, 1.807) is 13.3 Å². The third kappa shape index (κ3) is 3.06. The zero-order valence-electron chi connectivity index (χ0n) is 16.9. The van der Waals surface area contributed by atoms with Crippen molar-refractivity contribution in [2.45, 2.75) is 19.3 Å². The number of carbonyl (C=O) groups excluding carboxylic acids is 1. The number of carbonyl (C=O) groups is 1. The van der Waals surface area contributed by atoms with Crippen LogP contribution < -0.4 is 10.1 Å². The molecule has 1 aromatic heterocycles. The van der Waals surface area contributed by atoms with E-state index in [2.05, 4.69) is 59.7 Å². The Labute approximate surface area is 179 Å². The number of thiazole rings is 1. The zero-order chi connectivity index (χ0) is 20.7. The molecule has 2 atom stereocenters. The molecule has 1 heterocycles. The first-order valence-corrected chi connectivity index (χ1v) is 10.8. The second-order valence-corrected chi connectivity index (χ2v) is 8.88. The molecular formula is C25H22N2O2S. The number of nitrogens with zero attached hydrogens (tertiary/aromatic N) is 1. The van der Waals surface area contributed by atoms with Crippen molar-refractivity contribution in [3.05, 3.63) is 88.9 Å². The number of hydrogen-bond donors (Lipinski definition) is 1. The highest BCUT2D eigenvalue weighted by Gasteiger charge is 2.49. The molecule has 1 aliphatic carbocycles. The van der Waals surface area contributed by atoms with Crippen molar-refractivity contribution in [1.29, 1.82) is 0 Å². The van der Waals surface area contributed by atoms with Crippen molar-refractivity contribution in [2.75, 3.05) is 12.4 Å². The van der Waals surface area contributed by atoms with Crippen molar-refractivity contribution in [3.63, 3.8) is 0 Å². The summed E-state index contributed by atoms with van der Waals surface area (Å²) in [5.41, 5.74) is 2.84. The van der Waals surface area contributed by atoms with E-state index in [0.29, 0.717) is 11.6 Å². The van der Waals surface area contributed by atoms with E-state index >= 15 is 0 Å². The largest absolute Gasteiger partial charge is 0.497 e. The first-order chi connectivity index (χ1) is 14.6. The molecule has 1 N–H and O–H groups in total. The normalized spacial score (nSPS) is 20.1. The third-order valence-electron chi connectivity index (χ3n) is 6.14. The summed E-state index contributed by atoms with van der Waals surface area (Å²) < 4.78 is 5.50. The fourth-order valence-electron chi connectivity index (χ4n) is 4.64. The Kier molecular flexibility index (Phi) is 4.55. The number of anilines is 1. The van der Waals surface area contributed by atoms with Gasteiger partial charge in [-0.25, -0.2) is 4.98 Å². The van der Waals surface area contributed by atoms with Gasteiger partial charge in [0.2, 0.25) is 5.91 Å². The predicted octanol–water partition coefficient (Wildman–Crippen LogP) is 5.64. The van der Waals surface area contributed by atoms with Crippen LogP contribution in [0.1, 0.15) is 29.5 Å². The van der Waals surface area contributed by atoms with Crippen LogP contribution in [0.25, 0.3) is 10.8 Å². The molecule has 0 spiro atoms. The lowest BCUT2D eigenvalue weighted by Gasteiger charge is -2.31. The van der Waals surface area contributed by atoms with Crippen molar-refractivity contribution < 1.29 is 9.53 Å². The highest BCUT2D eigenvalue weighted by atomic mass is 32.1. The fraction of sp³-hybridized carbons (Fsp3) is 0.200.